The number of benzene rings is 2. The minimum absolute atomic E-state index is 0.0954. The quantitative estimate of drug-likeness (QED) is 0.591. The molecular formula is C18H16Cl2F3N3OS. The highest BCUT2D eigenvalue weighted by molar-refractivity contribution is 7.80. The Morgan fingerprint density at radius 1 is 1.04 bits per heavy atom. The van der Waals surface area contributed by atoms with Gasteiger partial charge in [0.15, 0.2) is 5.11 Å². The maximum atomic E-state index is 13.2. The van der Waals surface area contributed by atoms with Crippen LogP contribution in [0.15, 0.2) is 36.4 Å². The molecule has 0 amide bonds. The van der Waals surface area contributed by atoms with Crippen LogP contribution in [-0.2, 0) is 10.9 Å². The fraction of sp³-hybridized carbons (Fsp3) is 0.278. The van der Waals surface area contributed by atoms with E-state index in [0.29, 0.717) is 42.7 Å². The monoisotopic (exact) mass is 449 g/mol. The Morgan fingerprint density at radius 3 is 2.39 bits per heavy atom. The number of halogens is 5. The molecule has 0 atom stereocenters. The van der Waals surface area contributed by atoms with E-state index in [1.165, 1.54) is 6.07 Å². The summed E-state index contributed by atoms with van der Waals surface area (Å²) in [5.41, 5.74) is 0.534. The molecule has 0 aliphatic carbocycles. The minimum Gasteiger partial charge on any atom is -0.378 e. The molecule has 0 radical (unpaired) electrons. The van der Waals surface area contributed by atoms with Gasteiger partial charge in [-0.15, -0.1) is 0 Å². The summed E-state index contributed by atoms with van der Waals surface area (Å²) in [4.78, 5) is 1.95. The molecule has 1 saturated heterocycles. The maximum Gasteiger partial charge on any atom is 0.416 e. The molecule has 0 spiro atoms. The Balaban J connectivity index is 1.87. The van der Waals surface area contributed by atoms with E-state index in [1.807, 2.05) is 4.90 Å². The number of nitrogens with one attached hydrogen (secondary N) is 2. The van der Waals surface area contributed by atoms with Crippen LogP contribution in [0.25, 0.3) is 0 Å². The lowest BCUT2D eigenvalue weighted by molar-refractivity contribution is -0.137. The molecule has 150 valence electrons. The van der Waals surface area contributed by atoms with Gasteiger partial charge in [-0.25, -0.2) is 0 Å². The van der Waals surface area contributed by atoms with Crippen LogP contribution in [0.4, 0.5) is 30.2 Å². The van der Waals surface area contributed by atoms with Crippen molar-refractivity contribution in [2.75, 3.05) is 41.8 Å². The summed E-state index contributed by atoms with van der Waals surface area (Å²) >= 11 is 17.4. The van der Waals surface area contributed by atoms with Crippen molar-refractivity contribution in [2.24, 2.45) is 0 Å². The first-order chi connectivity index (χ1) is 13.3. The summed E-state index contributed by atoms with van der Waals surface area (Å²) in [6, 6.07) is 8.50. The van der Waals surface area contributed by atoms with E-state index in [4.69, 9.17) is 40.2 Å². The minimum atomic E-state index is -4.47. The Bertz CT molecular complexity index is 874. The summed E-state index contributed by atoms with van der Waals surface area (Å²) in [5, 5.41) is 6.42. The van der Waals surface area contributed by atoms with Crippen LogP contribution in [0.2, 0.25) is 10.0 Å². The molecule has 0 bridgehead atoms. The normalized spacial score (nSPS) is 14.7. The van der Waals surface area contributed by atoms with Crippen LogP contribution in [0.1, 0.15) is 5.56 Å². The molecule has 0 unspecified atom stereocenters. The molecule has 2 N–H and O–H groups in total. The molecule has 10 heteroatoms. The first-order valence-corrected chi connectivity index (χ1v) is 9.48. The zero-order valence-corrected chi connectivity index (χ0v) is 16.8. The van der Waals surface area contributed by atoms with Crippen molar-refractivity contribution in [3.63, 3.8) is 0 Å². The molecule has 3 rings (SSSR count). The number of rotatable bonds is 3. The van der Waals surface area contributed by atoms with Crippen molar-refractivity contribution >= 4 is 57.6 Å². The van der Waals surface area contributed by atoms with Gasteiger partial charge in [0.2, 0.25) is 0 Å². The van der Waals surface area contributed by atoms with Gasteiger partial charge in [0, 0.05) is 13.1 Å². The Morgan fingerprint density at radius 2 is 1.71 bits per heavy atom. The van der Waals surface area contributed by atoms with E-state index in [0.717, 1.165) is 12.1 Å². The van der Waals surface area contributed by atoms with Gasteiger partial charge in [0.25, 0.3) is 0 Å². The molecule has 0 saturated carbocycles. The lowest BCUT2D eigenvalue weighted by Gasteiger charge is -2.31. The first-order valence-electron chi connectivity index (χ1n) is 8.31. The van der Waals surface area contributed by atoms with Crippen molar-refractivity contribution in [3.05, 3.63) is 52.0 Å². The van der Waals surface area contributed by atoms with E-state index in [1.54, 1.807) is 18.2 Å². The molecule has 0 aromatic heterocycles. The summed E-state index contributed by atoms with van der Waals surface area (Å²) in [5.74, 6) is 0. The summed E-state index contributed by atoms with van der Waals surface area (Å²) in [7, 11) is 0. The standard InChI is InChI=1S/C18H16Cl2F3N3OS/c19-12-2-1-3-13(16(12)20)24-17(28)25-14-10-11(18(21,22)23)4-5-15(14)26-6-8-27-9-7-26/h1-5,10H,6-9H2,(H2,24,25,28). The predicted octanol–water partition coefficient (Wildman–Crippen LogP) is 5.66. The highest BCUT2D eigenvalue weighted by Crippen LogP contribution is 2.36. The van der Waals surface area contributed by atoms with Crippen LogP contribution in [-0.4, -0.2) is 31.4 Å². The van der Waals surface area contributed by atoms with Gasteiger partial charge in [-0.2, -0.15) is 13.2 Å². The molecule has 1 aliphatic rings. The van der Waals surface area contributed by atoms with Crippen LogP contribution < -0.4 is 15.5 Å². The van der Waals surface area contributed by atoms with Crippen molar-refractivity contribution in [1.29, 1.82) is 0 Å². The smallest absolute Gasteiger partial charge is 0.378 e. The van der Waals surface area contributed by atoms with Crippen molar-refractivity contribution in [2.45, 2.75) is 6.18 Å². The molecule has 1 fully saturated rings. The molecule has 2 aromatic rings. The number of hydrogen-bond acceptors (Lipinski definition) is 3. The summed E-state index contributed by atoms with van der Waals surface area (Å²) in [6.07, 6.45) is -4.47. The van der Waals surface area contributed by atoms with Gasteiger partial charge in [-0.1, -0.05) is 29.3 Å². The highest BCUT2D eigenvalue weighted by Gasteiger charge is 2.31. The number of nitrogens with zero attached hydrogens (tertiary/aromatic N) is 1. The molecule has 4 nitrogen and oxygen atoms in total. The number of alkyl halides is 3. The van der Waals surface area contributed by atoms with Gasteiger partial charge < -0.3 is 20.3 Å². The zero-order valence-electron chi connectivity index (χ0n) is 14.4. The van der Waals surface area contributed by atoms with Crippen LogP contribution in [0.3, 0.4) is 0 Å². The van der Waals surface area contributed by atoms with Gasteiger partial charge >= 0.3 is 6.18 Å². The molecular weight excluding hydrogens is 434 g/mol. The van der Waals surface area contributed by atoms with Gasteiger partial charge in [0.1, 0.15) is 0 Å². The van der Waals surface area contributed by atoms with E-state index in [9.17, 15) is 13.2 Å². The number of thiocarbonyl (C=S) groups is 1. The van der Waals surface area contributed by atoms with E-state index >= 15 is 0 Å². The molecule has 1 heterocycles. The maximum absolute atomic E-state index is 13.2. The SMILES string of the molecule is FC(F)(F)c1ccc(N2CCOCC2)c(NC(=S)Nc2cccc(Cl)c2Cl)c1. The summed E-state index contributed by atoms with van der Waals surface area (Å²) < 4.78 is 44.9. The largest absolute Gasteiger partial charge is 0.416 e. The molecule has 2 aromatic carbocycles. The average Bonchev–Trinajstić information content (AvgIpc) is 2.65. The number of hydrogen-bond donors (Lipinski definition) is 2. The predicted molar refractivity (Wildman–Crippen MR) is 111 cm³/mol. The third-order valence-corrected chi connectivity index (χ3v) is 5.15. The van der Waals surface area contributed by atoms with E-state index in [2.05, 4.69) is 10.6 Å². The van der Waals surface area contributed by atoms with Gasteiger partial charge in [0.05, 0.1) is 45.9 Å². The lowest BCUT2D eigenvalue weighted by Crippen LogP contribution is -2.37. The van der Waals surface area contributed by atoms with Crippen molar-refractivity contribution in [3.8, 4) is 0 Å². The fourth-order valence-electron chi connectivity index (χ4n) is 2.77. The second-order valence-corrected chi connectivity index (χ2v) is 7.20. The van der Waals surface area contributed by atoms with Crippen LogP contribution >= 0.6 is 35.4 Å². The molecule has 28 heavy (non-hydrogen) atoms. The lowest BCUT2D eigenvalue weighted by atomic mass is 10.1. The average molecular weight is 450 g/mol. The topological polar surface area (TPSA) is 36.5 Å². The Hall–Kier alpha value is -1.74. The first kappa shape index (κ1) is 21.0. The highest BCUT2D eigenvalue weighted by atomic mass is 35.5. The second kappa shape index (κ2) is 8.73. The fourth-order valence-corrected chi connectivity index (χ4v) is 3.34. The molecule has 1 aliphatic heterocycles. The number of ether oxygens (including phenoxy) is 1. The second-order valence-electron chi connectivity index (χ2n) is 6.01. The van der Waals surface area contributed by atoms with E-state index in [-0.39, 0.29) is 15.8 Å². The third kappa shape index (κ3) is 5.00. The van der Waals surface area contributed by atoms with E-state index < -0.39 is 11.7 Å². The number of anilines is 3. The summed E-state index contributed by atoms with van der Waals surface area (Å²) in [6.45, 7) is 2.14. The van der Waals surface area contributed by atoms with Crippen LogP contribution in [0.5, 0.6) is 0 Å². The number of morpholine rings is 1. The van der Waals surface area contributed by atoms with Gasteiger partial charge in [-0.05, 0) is 42.5 Å². The zero-order chi connectivity index (χ0) is 20.3. The van der Waals surface area contributed by atoms with Crippen molar-refractivity contribution in [1.82, 2.24) is 0 Å². The van der Waals surface area contributed by atoms with Crippen LogP contribution in [0, 0.1) is 0 Å². The third-order valence-electron chi connectivity index (χ3n) is 4.12. The van der Waals surface area contributed by atoms with Gasteiger partial charge in [-0.3, -0.25) is 0 Å². The van der Waals surface area contributed by atoms with Crippen molar-refractivity contribution < 1.29 is 17.9 Å². The Kier molecular flexibility index (Phi) is 6.54. The Labute approximate surface area is 175 Å².